The van der Waals surface area contributed by atoms with Crippen molar-refractivity contribution in [3.8, 4) is 0 Å². The summed E-state index contributed by atoms with van der Waals surface area (Å²) in [6.07, 6.45) is 0.828. The molecular formula is C23H25NOSi. The summed E-state index contributed by atoms with van der Waals surface area (Å²) in [5.74, 6) is 0. The fourth-order valence-corrected chi connectivity index (χ4v) is 9.15. The molecule has 0 aliphatic rings. The van der Waals surface area contributed by atoms with Crippen LogP contribution < -0.4 is 10.4 Å². The number of benzene rings is 2. The van der Waals surface area contributed by atoms with Crippen LogP contribution in [0.5, 0.6) is 0 Å². The molecule has 2 nitrogen and oxygen atoms in total. The van der Waals surface area contributed by atoms with Gasteiger partial charge in [-0.3, -0.25) is 9.78 Å². The molecule has 0 atom stereocenters. The van der Waals surface area contributed by atoms with Gasteiger partial charge in [0.1, 0.15) is 13.8 Å². The van der Waals surface area contributed by atoms with Gasteiger partial charge >= 0.3 is 0 Å². The number of hydrogen-bond donors (Lipinski definition) is 0. The van der Waals surface area contributed by atoms with Crippen LogP contribution in [0.25, 0.3) is 0 Å². The molecule has 0 aliphatic heterocycles. The Morgan fingerprint density at radius 2 is 1.35 bits per heavy atom. The molecule has 0 saturated carbocycles. The van der Waals surface area contributed by atoms with E-state index >= 15 is 0 Å². The van der Waals surface area contributed by atoms with Crippen LogP contribution in [-0.4, -0.2) is 19.3 Å². The highest BCUT2D eigenvalue weighted by Gasteiger charge is 2.47. The van der Waals surface area contributed by atoms with Gasteiger partial charge < -0.3 is 0 Å². The summed E-state index contributed by atoms with van der Waals surface area (Å²) in [7, 11) is -2.20. The van der Waals surface area contributed by atoms with E-state index in [1.165, 1.54) is 10.4 Å². The van der Waals surface area contributed by atoms with Crippen LogP contribution in [0, 0.1) is 0 Å². The normalized spacial score (nSPS) is 12.0. The minimum atomic E-state index is -2.20. The smallest absolute Gasteiger partial charge is 0.168 e. The summed E-state index contributed by atoms with van der Waals surface area (Å²) in [6.45, 7) is 7.01. The second kappa shape index (κ2) is 7.38. The first kappa shape index (κ1) is 18.3. The number of aromatic nitrogens is 1. The van der Waals surface area contributed by atoms with Crippen LogP contribution in [0.1, 0.15) is 37.0 Å². The van der Waals surface area contributed by atoms with Gasteiger partial charge in [0, 0.05) is 5.69 Å². The van der Waals surface area contributed by atoms with E-state index in [0.717, 1.165) is 18.0 Å². The number of rotatable bonds is 5. The van der Waals surface area contributed by atoms with Crippen LogP contribution in [0.2, 0.25) is 5.04 Å². The zero-order valence-corrected chi connectivity index (χ0v) is 16.6. The summed E-state index contributed by atoms with van der Waals surface area (Å²) >= 11 is 0. The maximum absolute atomic E-state index is 11.2. The van der Waals surface area contributed by atoms with Crippen molar-refractivity contribution in [2.45, 2.75) is 31.9 Å². The molecule has 3 aromatic rings. The van der Waals surface area contributed by atoms with Crippen molar-refractivity contribution >= 4 is 24.7 Å². The largest absolute Gasteiger partial charge is 0.296 e. The third-order valence-corrected chi connectivity index (χ3v) is 11.3. The second-order valence-electron chi connectivity index (χ2n) is 7.74. The highest BCUT2D eigenvalue weighted by atomic mass is 28.3. The molecule has 0 fully saturated rings. The molecule has 132 valence electrons. The monoisotopic (exact) mass is 359 g/mol. The predicted molar refractivity (Wildman–Crippen MR) is 111 cm³/mol. The first-order valence-electron chi connectivity index (χ1n) is 8.99. The first-order chi connectivity index (χ1) is 12.5. The molecule has 3 rings (SSSR count). The molecule has 0 unspecified atom stereocenters. The average molecular weight is 360 g/mol. The zero-order chi connectivity index (χ0) is 18.6. The number of carbonyl (C=O) groups excluding carboxylic acids is 1. The Hall–Kier alpha value is -2.52. The number of pyridine rings is 1. The maximum Gasteiger partial charge on any atom is 0.168 e. The molecule has 2 aromatic carbocycles. The minimum absolute atomic E-state index is 0.0779. The van der Waals surface area contributed by atoms with Gasteiger partial charge in [-0.15, -0.1) is 0 Å². The third-order valence-electron chi connectivity index (χ3n) is 5.21. The van der Waals surface area contributed by atoms with Gasteiger partial charge in [0.2, 0.25) is 0 Å². The summed E-state index contributed by atoms with van der Waals surface area (Å²) in [4.78, 5) is 15.8. The fourth-order valence-electron chi connectivity index (χ4n) is 3.88. The van der Waals surface area contributed by atoms with Crippen molar-refractivity contribution in [2.75, 3.05) is 0 Å². The Bertz CT molecular complexity index is 830. The van der Waals surface area contributed by atoms with Crippen LogP contribution in [0.3, 0.4) is 0 Å². The van der Waals surface area contributed by atoms with Gasteiger partial charge in [-0.1, -0.05) is 97.9 Å². The van der Waals surface area contributed by atoms with E-state index in [1.807, 2.05) is 12.1 Å². The average Bonchev–Trinajstić information content (AvgIpc) is 2.66. The topological polar surface area (TPSA) is 30.0 Å². The molecule has 0 radical (unpaired) electrons. The quantitative estimate of drug-likeness (QED) is 0.508. The maximum atomic E-state index is 11.2. The molecule has 0 aliphatic carbocycles. The standard InChI is InChI=1S/C23H25NOSi/c1-23(2,3)26(21-13-6-4-7-14-21,22-15-8-5-9-16-22)18-20-12-10-11-19(17-25)24-20/h4-17H,18H2,1-3H3. The Morgan fingerprint density at radius 1 is 0.808 bits per heavy atom. The van der Waals surface area contributed by atoms with Crippen molar-refractivity contribution < 1.29 is 4.79 Å². The Labute approximate surface area is 156 Å². The minimum Gasteiger partial charge on any atom is -0.296 e. The van der Waals surface area contributed by atoms with Crippen LogP contribution >= 0.6 is 0 Å². The SMILES string of the molecule is CC(C)(C)[Si](Cc1cccc(C=O)n1)(c1ccccc1)c1ccccc1. The van der Waals surface area contributed by atoms with Crippen molar-refractivity contribution in [3.63, 3.8) is 0 Å². The summed E-state index contributed by atoms with van der Waals surface area (Å²) in [5.41, 5.74) is 1.49. The number of aldehydes is 1. The molecule has 0 spiro atoms. The van der Waals surface area contributed by atoms with Gasteiger partial charge in [0.15, 0.2) is 6.29 Å². The van der Waals surface area contributed by atoms with E-state index in [9.17, 15) is 4.79 Å². The van der Waals surface area contributed by atoms with Gasteiger partial charge in [-0.25, -0.2) is 0 Å². The van der Waals surface area contributed by atoms with E-state index in [2.05, 4.69) is 86.4 Å². The molecular weight excluding hydrogens is 334 g/mol. The Kier molecular flexibility index (Phi) is 5.19. The molecule has 0 bridgehead atoms. The molecule has 0 N–H and O–H groups in total. The summed E-state index contributed by atoms with van der Waals surface area (Å²) < 4.78 is 0. The second-order valence-corrected chi connectivity index (χ2v) is 12.6. The van der Waals surface area contributed by atoms with Crippen molar-refractivity contribution in [3.05, 3.63) is 90.3 Å². The zero-order valence-electron chi connectivity index (χ0n) is 15.6. The van der Waals surface area contributed by atoms with Gasteiger partial charge in [0.05, 0.1) is 0 Å². The number of hydrogen-bond acceptors (Lipinski definition) is 2. The van der Waals surface area contributed by atoms with Crippen LogP contribution in [-0.2, 0) is 6.04 Å². The molecule has 0 amide bonds. The fraction of sp³-hybridized carbons (Fsp3) is 0.217. The lowest BCUT2D eigenvalue weighted by Crippen LogP contribution is -2.66. The lowest BCUT2D eigenvalue weighted by molar-refractivity contribution is 0.111. The predicted octanol–water partition coefficient (Wildman–Crippen LogP) is 4.04. The van der Waals surface area contributed by atoms with E-state index in [1.54, 1.807) is 6.07 Å². The molecule has 3 heteroatoms. The lowest BCUT2D eigenvalue weighted by Gasteiger charge is -2.44. The molecule has 0 saturated heterocycles. The van der Waals surface area contributed by atoms with Crippen molar-refractivity contribution in [2.24, 2.45) is 0 Å². The highest BCUT2D eigenvalue weighted by molar-refractivity contribution is 7.03. The lowest BCUT2D eigenvalue weighted by atomic mass is 10.2. The van der Waals surface area contributed by atoms with E-state index in [0.29, 0.717) is 5.69 Å². The molecule has 1 aromatic heterocycles. The summed E-state index contributed by atoms with van der Waals surface area (Å²) in [6, 6.07) is 28.3. The van der Waals surface area contributed by atoms with Crippen LogP contribution in [0.4, 0.5) is 0 Å². The van der Waals surface area contributed by atoms with E-state index in [4.69, 9.17) is 0 Å². The van der Waals surface area contributed by atoms with Gasteiger partial charge in [0.25, 0.3) is 0 Å². The number of carbonyl (C=O) groups is 1. The van der Waals surface area contributed by atoms with Crippen LogP contribution in [0.15, 0.2) is 78.9 Å². The Balaban J connectivity index is 2.25. The number of nitrogens with zero attached hydrogens (tertiary/aromatic N) is 1. The van der Waals surface area contributed by atoms with E-state index in [-0.39, 0.29) is 5.04 Å². The molecule has 1 heterocycles. The van der Waals surface area contributed by atoms with Crippen molar-refractivity contribution in [1.82, 2.24) is 4.98 Å². The molecule has 26 heavy (non-hydrogen) atoms. The van der Waals surface area contributed by atoms with E-state index < -0.39 is 8.07 Å². The van der Waals surface area contributed by atoms with Crippen molar-refractivity contribution in [1.29, 1.82) is 0 Å². The first-order valence-corrected chi connectivity index (χ1v) is 11.2. The van der Waals surface area contributed by atoms with Gasteiger partial charge in [-0.2, -0.15) is 0 Å². The third kappa shape index (κ3) is 3.40. The Morgan fingerprint density at radius 3 is 1.81 bits per heavy atom. The highest BCUT2D eigenvalue weighted by Crippen LogP contribution is 2.37. The summed E-state index contributed by atoms with van der Waals surface area (Å²) in [5, 5.41) is 2.88. The van der Waals surface area contributed by atoms with Gasteiger partial charge in [-0.05, 0) is 23.2 Å².